The van der Waals surface area contributed by atoms with Gasteiger partial charge in [-0.25, -0.2) is 0 Å². The van der Waals surface area contributed by atoms with Crippen molar-refractivity contribution in [3.8, 4) is 0 Å². The molecular weight excluding hydrogens is 200 g/mol. The Hall–Kier alpha value is -0.380. The van der Waals surface area contributed by atoms with Crippen molar-refractivity contribution >= 4 is 0 Å². The first-order valence-electron chi connectivity index (χ1n) is 6.38. The van der Waals surface area contributed by atoms with Crippen molar-refractivity contribution in [2.24, 2.45) is 0 Å². The number of nitrogens with one attached hydrogen (secondary N) is 1. The van der Waals surface area contributed by atoms with Crippen molar-refractivity contribution in [3.63, 3.8) is 0 Å². The minimum Gasteiger partial charge on any atom is -0.383 e. The number of methoxy groups -OCH3 is 1. The summed E-state index contributed by atoms with van der Waals surface area (Å²) in [5.41, 5.74) is 1.29. The molecule has 16 heavy (non-hydrogen) atoms. The number of hydrogen-bond acceptors (Lipinski definition) is 3. The van der Waals surface area contributed by atoms with Crippen LogP contribution in [-0.2, 0) is 4.74 Å². The predicted molar refractivity (Wildman–Crippen MR) is 68.8 cm³/mol. The summed E-state index contributed by atoms with van der Waals surface area (Å²) in [6, 6.07) is 0.790. The Morgan fingerprint density at radius 1 is 1.50 bits per heavy atom. The third kappa shape index (κ3) is 5.64. The molecule has 1 rings (SSSR count). The number of ether oxygens (including phenoxy) is 1. The Kier molecular flexibility index (Phi) is 6.69. The molecule has 0 aliphatic heterocycles. The molecule has 1 aliphatic carbocycles. The van der Waals surface area contributed by atoms with Gasteiger partial charge < -0.3 is 10.1 Å². The van der Waals surface area contributed by atoms with E-state index in [2.05, 4.69) is 23.7 Å². The summed E-state index contributed by atoms with van der Waals surface area (Å²) in [5.74, 6) is 0. The first-order chi connectivity index (χ1) is 7.77. The summed E-state index contributed by atoms with van der Waals surface area (Å²) in [4.78, 5) is 2.50. The molecule has 1 aliphatic rings. The van der Waals surface area contributed by atoms with Gasteiger partial charge in [0, 0.05) is 32.8 Å². The maximum absolute atomic E-state index is 5.14. The van der Waals surface area contributed by atoms with E-state index >= 15 is 0 Å². The minimum atomic E-state index is 0.790. The van der Waals surface area contributed by atoms with E-state index in [9.17, 15) is 0 Å². The molecule has 1 saturated carbocycles. The summed E-state index contributed by atoms with van der Waals surface area (Å²) >= 11 is 0. The Labute approximate surface area is 99.8 Å². The molecule has 0 aromatic heterocycles. The van der Waals surface area contributed by atoms with Crippen molar-refractivity contribution in [2.45, 2.75) is 32.2 Å². The van der Waals surface area contributed by atoms with Gasteiger partial charge in [0.2, 0.25) is 0 Å². The van der Waals surface area contributed by atoms with Crippen molar-refractivity contribution in [1.82, 2.24) is 10.2 Å². The van der Waals surface area contributed by atoms with Crippen molar-refractivity contribution in [2.75, 3.05) is 39.9 Å². The van der Waals surface area contributed by atoms with Gasteiger partial charge in [-0.15, -0.1) is 0 Å². The van der Waals surface area contributed by atoms with Crippen LogP contribution in [0.15, 0.2) is 12.2 Å². The highest BCUT2D eigenvalue weighted by Gasteiger charge is 2.28. The predicted octanol–water partition coefficient (Wildman–Crippen LogP) is 1.65. The molecule has 0 heterocycles. The van der Waals surface area contributed by atoms with Gasteiger partial charge in [-0.1, -0.05) is 13.5 Å². The third-order valence-corrected chi connectivity index (χ3v) is 2.87. The maximum atomic E-state index is 5.14. The van der Waals surface area contributed by atoms with E-state index in [1.54, 1.807) is 7.11 Å². The molecule has 0 unspecified atom stereocenters. The van der Waals surface area contributed by atoms with Crippen LogP contribution in [0.25, 0.3) is 0 Å². The standard InChI is InChI=1S/C13H26N2O/c1-4-7-14-10-12(2)11-15(8-9-16-3)13-5-6-13/h13-14H,2,4-11H2,1,3H3. The quantitative estimate of drug-likeness (QED) is 0.453. The zero-order chi connectivity index (χ0) is 11.8. The maximum Gasteiger partial charge on any atom is 0.0589 e. The molecule has 0 aromatic rings. The number of hydrogen-bond donors (Lipinski definition) is 1. The van der Waals surface area contributed by atoms with E-state index in [0.29, 0.717) is 0 Å². The van der Waals surface area contributed by atoms with E-state index in [0.717, 1.165) is 38.8 Å². The monoisotopic (exact) mass is 226 g/mol. The smallest absolute Gasteiger partial charge is 0.0589 e. The summed E-state index contributed by atoms with van der Waals surface area (Å²) in [7, 11) is 1.77. The van der Waals surface area contributed by atoms with Crippen LogP contribution in [0.4, 0.5) is 0 Å². The van der Waals surface area contributed by atoms with Gasteiger partial charge in [0.1, 0.15) is 0 Å². The van der Waals surface area contributed by atoms with Crippen LogP contribution in [0.2, 0.25) is 0 Å². The fraction of sp³-hybridized carbons (Fsp3) is 0.846. The van der Waals surface area contributed by atoms with Gasteiger partial charge in [0.05, 0.1) is 6.61 Å². The lowest BCUT2D eigenvalue weighted by atomic mass is 10.2. The van der Waals surface area contributed by atoms with E-state index in [1.165, 1.54) is 24.8 Å². The number of rotatable bonds is 10. The second-order valence-corrected chi connectivity index (χ2v) is 4.62. The van der Waals surface area contributed by atoms with E-state index < -0.39 is 0 Å². The lowest BCUT2D eigenvalue weighted by molar-refractivity contribution is 0.149. The molecule has 94 valence electrons. The zero-order valence-electron chi connectivity index (χ0n) is 10.8. The van der Waals surface area contributed by atoms with Gasteiger partial charge in [0.15, 0.2) is 0 Å². The molecule has 1 N–H and O–H groups in total. The van der Waals surface area contributed by atoms with Crippen LogP contribution >= 0.6 is 0 Å². The molecule has 1 fully saturated rings. The largest absolute Gasteiger partial charge is 0.383 e. The molecule has 0 aromatic carbocycles. The molecule has 0 bridgehead atoms. The summed E-state index contributed by atoms with van der Waals surface area (Å²) in [6.07, 6.45) is 3.88. The molecule has 3 nitrogen and oxygen atoms in total. The fourth-order valence-electron chi connectivity index (χ4n) is 1.82. The topological polar surface area (TPSA) is 24.5 Å². The average molecular weight is 226 g/mol. The second-order valence-electron chi connectivity index (χ2n) is 4.62. The Balaban J connectivity index is 2.16. The highest BCUT2D eigenvalue weighted by molar-refractivity contribution is 5.02. The van der Waals surface area contributed by atoms with Gasteiger partial charge in [-0.3, -0.25) is 4.90 Å². The van der Waals surface area contributed by atoms with E-state index in [1.807, 2.05) is 0 Å². The zero-order valence-corrected chi connectivity index (χ0v) is 10.8. The molecule has 0 radical (unpaired) electrons. The Morgan fingerprint density at radius 3 is 2.81 bits per heavy atom. The molecule has 3 heteroatoms. The molecular formula is C13H26N2O. The van der Waals surface area contributed by atoms with Crippen molar-refractivity contribution in [1.29, 1.82) is 0 Å². The second kappa shape index (κ2) is 7.82. The molecule has 0 saturated heterocycles. The Morgan fingerprint density at radius 2 is 2.25 bits per heavy atom. The Bertz CT molecular complexity index is 202. The molecule has 0 spiro atoms. The molecule has 0 amide bonds. The van der Waals surface area contributed by atoms with E-state index in [-0.39, 0.29) is 0 Å². The average Bonchev–Trinajstić information content (AvgIpc) is 3.08. The first kappa shape index (κ1) is 13.7. The van der Waals surface area contributed by atoms with Crippen LogP contribution in [0.1, 0.15) is 26.2 Å². The first-order valence-corrected chi connectivity index (χ1v) is 6.38. The van der Waals surface area contributed by atoms with Crippen molar-refractivity contribution < 1.29 is 4.74 Å². The lowest BCUT2D eigenvalue weighted by Gasteiger charge is -2.22. The van der Waals surface area contributed by atoms with Crippen molar-refractivity contribution in [3.05, 3.63) is 12.2 Å². The van der Waals surface area contributed by atoms with Crippen LogP contribution in [-0.4, -0.2) is 50.8 Å². The minimum absolute atomic E-state index is 0.790. The van der Waals surface area contributed by atoms with E-state index in [4.69, 9.17) is 4.74 Å². The van der Waals surface area contributed by atoms with Crippen LogP contribution in [0.5, 0.6) is 0 Å². The fourth-order valence-corrected chi connectivity index (χ4v) is 1.82. The highest BCUT2D eigenvalue weighted by atomic mass is 16.5. The third-order valence-electron chi connectivity index (χ3n) is 2.87. The molecule has 0 atom stereocenters. The van der Waals surface area contributed by atoms with Gasteiger partial charge >= 0.3 is 0 Å². The van der Waals surface area contributed by atoms with Crippen LogP contribution in [0.3, 0.4) is 0 Å². The normalized spacial score (nSPS) is 15.7. The van der Waals surface area contributed by atoms with Crippen LogP contribution in [0, 0.1) is 0 Å². The van der Waals surface area contributed by atoms with Gasteiger partial charge in [-0.2, -0.15) is 0 Å². The summed E-state index contributed by atoms with van der Waals surface area (Å²) < 4.78 is 5.14. The summed E-state index contributed by atoms with van der Waals surface area (Å²) in [5, 5.41) is 3.40. The summed E-state index contributed by atoms with van der Waals surface area (Å²) in [6.45, 7) is 11.2. The lowest BCUT2D eigenvalue weighted by Crippen LogP contribution is -2.33. The van der Waals surface area contributed by atoms with Gasteiger partial charge in [0.25, 0.3) is 0 Å². The van der Waals surface area contributed by atoms with Gasteiger partial charge in [-0.05, 0) is 31.4 Å². The number of nitrogens with zero attached hydrogens (tertiary/aromatic N) is 1. The highest BCUT2D eigenvalue weighted by Crippen LogP contribution is 2.26. The SMILES string of the molecule is C=C(CNCCC)CN(CCOC)C1CC1. The van der Waals surface area contributed by atoms with Crippen LogP contribution < -0.4 is 5.32 Å².